The van der Waals surface area contributed by atoms with Gasteiger partial charge in [-0.25, -0.2) is 4.79 Å². The van der Waals surface area contributed by atoms with Gasteiger partial charge in [0.1, 0.15) is 12.1 Å². The fraction of sp³-hybridized carbons (Fsp3) is 0.800. The van der Waals surface area contributed by atoms with Gasteiger partial charge in [-0.3, -0.25) is 14.5 Å². The molecule has 1 unspecified atom stereocenters. The molecule has 1 saturated carbocycles. The number of nitrogens with zero attached hydrogens (tertiary/aromatic N) is 1. The molecule has 2 fully saturated rings. The highest BCUT2D eigenvalue weighted by atomic mass is 16.5. The number of nitrogens with one attached hydrogen (secondary N) is 2. The van der Waals surface area contributed by atoms with Gasteiger partial charge in [-0.15, -0.1) is 0 Å². The molecule has 7 nitrogen and oxygen atoms in total. The third-order valence-corrected chi connectivity index (χ3v) is 4.46. The molecule has 7 heteroatoms. The number of rotatable bonds is 5. The first kappa shape index (κ1) is 16.7. The van der Waals surface area contributed by atoms with Crippen LogP contribution in [0.1, 0.15) is 39.5 Å². The number of carbonyl (C=O) groups is 3. The Morgan fingerprint density at radius 2 is 2.00 bits per heavy atom. The van der Waals surface area contributed by atoms with Crippen molar-refractivity contribution in [3.05, 3.63) is 0 Å². The molecule has 1 atom stereocenters. The van der Waals surface area contributed by atoms with E-state index in [0.29, 0.717) is 5.92 Å². The van der Waals surface area contributed by atoms with E-state index in [4.69, 9.17) is 4.74 Å². The lowest BCUT2D eigenvalue weighted by Gasteiger charge is -2.27. The maximum Gasteiger partial charge on any atom is 0.325 e. The quantitative estimate of drug-likeness (QED) is 0.729. The van der Waals surface area contributed by atoms with Gasteiger partial charge in [-0.2, -0.15) is 0 Å². The van der Waals surface area contributed by atoms with Gasteiger partial charge < -0.3 is 15.4 Å². The summed E-state index contributed by atoms with van der Waals surface area (Å²) in [5.74, 6) is -0.00896. The molecule has 2 N–H and O–H groups in total. The van der Waals surface area contributed by atoms with Crippen LogP contribution in [0.3, 0.4) is 0 Å². The molecule has 2 rings (SSSR count). The minimum Gasteiger partial charge on any atom is -0.382 e. The normalized spacial score (nSPS) is 32.0. The average Bonchev–Trinajstić information content (AvgIpc) is 2.65. The van der Waals surface area contributed by atoms with E-state index in [9.17, 15) is 14.4 Å². The Balaban J connectivity index is 1.88. The van der Waals surface area contributed by atoms with E-state index >= 15 is 0 Å². The Hall–Kier alpha value is -1.63. The predicted molar refractivity (Wildman–Crippen MR) is 80.1 cm³/mol. The molecule has 0 aromatic carbocycles. The van der Waals surface area contributed by atoms with Crippen LogP contribution in [0.15, 0.2) is 0 Å². The summed E-state index contributed by atoms with van der Waals surface area (Å²) < 4.78 is 4.97. The molecule has 22 heavy (non-hydrogen) atoms. The molecule has 0 spiro atoms. The van der Waals surface area contributed by atoms with Crippen molar-refractivity contribution in [2.45, 2.75) is 51.1 Å². The molecule has 2 aliphatic rings. The lowest BCUT2D eigenvalue weighted by atomic mass is 9.87. The molecule has 1 aliphatic heterocycles. The highest BCUT2D eigenvalue weighted by Crippen LogP contribution is 2.23. The van der Waals surface area contributed by atoms with Crippen molar-refractivity contribution in [2.24, 2.45) is 5.92 Å². The Labute approximate surface area is 130 Å². The molecular weight excluding hydrogens is 286 g/mol. The Morgan fingerprint density at radius 3 is 2.59 bits per heavy atom. The third kappa shape index (κ3) is 3.58. The van der Waals surface area contributed by atoms with Crippen molar-refractivity contribution in [2.75, 3.05) is 20.3 Å². The number of hydrogen-bond acceptors (Lipinski definition) is 4. The van der Waals surface area contributed by atoms with Gasteiger partial charge in [-0.05, 0) is 38.5 Å². The Bertz CT molecular complexity index is 460. The highest BCUT2D eigenvalue weighted by Gasteiger charge is 2.48. The van der Waals surface area contributed by atoms with E-state index in [0.717, 1.165) is 30.6 Å². The zero-order valence-electron chi connectivity index (χ0n) is 13.5. The molecule has 124 valence electrons. The van der Waals surface area contributed by atoms with Crippen LogP contribution < -0.4 is 10.6 Å². The summed E-state index contributed by atoms with van der Waals surface area (Å²) in [5.41, 5.74) is -1.09. The number of imide groups is 1. The topological polar surface area (TPSA) is 87.7 Å². The molecular formula is C15H25N3O4. The van der Waals surface area contributed by atoms with E-state index in [1.807, 2.05) is 0 Å². The van der Waals surface area contributed by atoms with Gasteiger partial charge in [0.2, 0.25) is 5.91 Å². The van der Waals surface area contributed by atoms with E-state index in [2.05, 4.69) is 17.6 Å². The fourth-order valence-electron chi connectivity index (χ4n) is 3.10. The molecule has 0 radical (unpaired) electrons. The van der Waals surface area contributed by atoms with E-state index in [-0.39, 0.29) is 25.1 Å². The summed E-state index contributed by atoms with van der Waals surface area (Å²) >= 11 is 0. The van der Waals surface area contributed by atoms with Crippen LogP contribution in [-0.2, 0) is 14.3 Å². The smallest absolute Gasteiger partial charge is 0.325 e. The SMILES string of the molecule is COCC1(C)NC(=O)N(CC(=O)NC2CCC(C)CC2)C1=O. The maximum atomic E-state index is 12.3. The number of carbonyl (C=O) groups excluding carboxylic acids is 3. The standard InChI is InChI=1S/C15H25N3O4/c1-10-4-6-11(7-5-10)16-12(19)8-18-13(20)15(2,9-22-3)17-14(18)21/h10-11H,4-9H2,1-3H3,(H,16,19)(H,17,21). The van der Waals surface area contributed by atoms with Crippen LogP contribution in [0.25, 0.3) is 0 Å². The lowest BCUT2D eigenvalue weighted by Crippen LogP contribution is -2.49. The lowest BCUT2D eigenvalue weighted by molar-refractivity contribution is -0.136. The third-order valence-electron chi connectivity index (χ3n) is 4.46. The van der Waals surface area contributed by atoms with Gasteiger partial charge in [0.05, 0.1) is 6.61 Å². The Kier molecular flexibility index (Phi) is 5.05. The first-order chi connectivity index (χ1) is 10.4. The first-order valence-electron chi connectivity index (χ1n) is 7.78. The summed E-state index contributed by atoms with van der Waals surface area (Å²) in [6.45, 7) is 3.64. The zero-order valence-corrected chi connectivity index (χ0v) is 13.5. The number of methoxy groups -OCH3 is 1. The molecule has 1 heterocycles. The highest BCUT2D eigenvalue weighted by molar-refractivity contribution is 6.08. The van der Waals surface area contributed by atoms with Crippen LogP contribution in [0.5, 0.6) is 0 Å². The van der Waals surface area contributed by atoms with Gasteiger partial charge >= 0.3 is 6.03 Å². The number of amides is 4. The molecule has 0 aromatic heterocycles. The van der Waals surface area contributed by atoms with Gasteiger partial charge in [0.25, 0.3) is 5.91 Å². The second-order valence-corrected chi connectivity index (χ2v) is 6.61. The van der Waals surface area contributed by atoms with Crippen LogP contribution in [0.2, 0.25) is 0 Å². The first-order valence-corrected chi connectivity index (χ1v) is 7.78. The van der Waals surface area contributed by atoms with Gasteiger partial charge in [0, 0.05) is 13.2 Å². The number of urea groups is 1. The van der Waals surface area contributed by atoms with Gasteiger partial charge in [-0.1, -0.05) is 6.92 Å². The van der Waals surface area contributed by atoms with Gasteiger partial charge in [0.15, 0.2) is 0 Å². The summed E-state index contributed by atoms with van der Waals surface area (Å²) in [4.78, 5) is 37.2. The van der Waals surface area contributed by atoms with Crippen molar-refractivity contribution in [3.8, 4) is 0 Å². The number of ether oxygens (including phenoxy) is 1. The van der Waals surface area contributed by atoms with Crippen LogP contribution in [0.4, 0.5) is 4.79 Å². The maximum absolute atomic E-state index is 12.3. The minimum atomic E-state index is -1.09. The fourth-order valence-corrected chi connectivity index (χ4v) is 3.10. The second-order valence-electron chi connectivity index (χ2n) is 6.61. The minimum absolute atomic E-state index is 0.0796. The number of hydrogen-bond donors (Lipinski definition) is 2. The largest absolute Gasteiger partial charge is 0.382 e. The molecule has 0 aromatic rings. The molecule has 0 bridgehead atoms. The van der Waals surface area contributed by atoms with E-state index in [1.54, 1.807) is 6.92 Å². The predicted octanol–water partition coefficient (Wildman–Crippen LogP) is 0.638. The van der Waals surface area contributed by atoms with Crippen LogP contribution in [0, 0.1) is 5.92 Å². The molecule has 1 saturated heterocycles. The average molecular weight is 311 g/mol. The van der Waals surface area contributed by atoms with Crippen molar-refractivity contribution >= 4 is 17.8 Å². The second kappa shape index (κ2) is 6.64. The molecule has 1 aliphatic carbocycles. The Morgan fingerprint density at radius 1 is 1.36 bits per heavy atom. The summed E-state index contributed by atoms with van der Waals surface area (Å²) in [7, 11) is 1.46. The summed E-state index contributed by atoms with van der Waals surface area (Å²) in [6, 6.07) is -0.396. The van der Waals surface area contributed by atoms with E-state index in [1.165, 1.54) is 7.11 Å². The van der Waals surface area contributed by atoms with Crippen molar-refractivity contribution in [3.63, 3.8) is 0 Å². The monoisotopic (exact) mass is 311 g/mol. The summed E-state index contributed by atoms with van der Waals surface area (Å²) in [6.07, 6.45) is 4.10. The van der Waals surface area contributed by atoms with Crippen molar-refractivity contribution in [1.29, 1.82) is 0 Å². The zero-order chi connectivity index (χ0) is 16.3. The molecule has 4 amide bonds. The van der Waals surface area contributed by atoms with Crippen LogP contribution >= 0.6 is 0 Å². The van der Waals surface area contributed by atoms with Crippen LogP contribution in [-0.4, -0.2) is 54.6 Å². The van der Waals surface area contributed by atoms with Crippen molar-refractivity contribution in [1.82, 2.24) is 15.5 Å². The summed E-state index contributed by atoms with van der Waals surface area (Å²) in [5, 5.41) is 5.50. The van der Waals surface area contributed by atoms with Crippen molar-refractivity contribution < 1.29 is 19.1 Å². The van der Waals surface area contributed by atoms with E-state index < -0.39 is 17.5 Å².